The maximum atomic E-state index is 4.37. The molecule has 19 heavy (non-hydrogen) atoms. The Bertz CT molecular complexity index is 605. The van der Waals surface area contributed by atoms with Gasteiger partial charge in [0.2, 0.25) is 0 Å². The van der Waals surface area contributed by atoms with Gasteiger partial charge in [-0.05, 0) is 37.1 Å². The zero-order chi connectivity index (χ0) is 11.8. The molecule has 0 atom stereocenters. The number of nitrogens with one attached hydrogen (secondary N) is 1. The number of nitrogens with zero attached hydrogens (tertiary/aromatic N) is 4. The molecule has 104 valence electrons. The van der Waals surface area contributed by atoms with Gasteiger partial charge in [0, 0.05) is 6.54 Å². The molecule has 0 unspecified atom stereocenters. The highest BCUT2D eigenvalue weighted by Gasteiger charge is 2.10. The number of aryl methyl sites for hydroxylation is 2. The van der Waals surface area contributed by atoms with E-state index in [-0.39, 0.29) is 24.8 Å². The summed E-state index contributed by atoms with van der Waals surface area (Å²) < 4.78 is 1.90. The van der Waals surface area contributed by atoms with Gasteiger partial charge in [-0.15, -0.1) is 29.9 Å². The van der Waals surface area contributed by atoms with E-state index < -0.39 is 0 Å². The molecule has 0 aliphatic carbocycles. The smallest absolute Gasteiger partial charge is 0.118 e. The molecular formula is C12H17Cl2N5. The number of aromatic nitrogens is 3. The van der Waals surface area contributed by atoms with Gasteiger partial charge in [-0.3, -0.25) is 4.99 Å². The van der Waals surface area contributed by atoms with Crippen molar-refractivity contribution in [1.82, 2.24) is 20.3 Å². The van der Waals surface area contributed by atoms with Gasteiger partial charge < -0.3 is 5.32 Å². The lowest BCUT2D eigenvalue weighted by molar-refractivity contribution is 0.692. The molecule has 1 aromatic heterocycles. The molecule has 2 heterocycles. The standard InChI is InChI=1S/C12H15N5.2ClH/c1-8-5-10-11(6-9(8)2)17(16-15-10)7-12-13-3-4-14-12;;/h5-6H,3-4,7H2,1-2H3,(H,13,14);2*1H. The van der Waals surface area contributed by atoms with Gasteiger partial charge in [0.1, 0.15) is 17.9 Å². The van der Waals surface area contributed by atoms with Crippen LogP contribution in [0.3, 0.4) is 0 Å². The van der Waals surface area contributed by atoms with Crippen LogP contribution in [-0.2, 0) is 6.54 Å². The molecule has 0 spiro atoms. The van der Waals surface area contributed by atoms with Crippen molar-refractivity contribution in [3.05, 3.63) is 23.3 Å². The van der Waals surface area contributed by atoms with Crippen molar-refractivity contribution in [2.45, 2.75) is 20.4 Å². The van der Waals surface area contributed by atoms with Gasteiger partial charge >= 0.3 is 0 Å². The zero-order valence-corrected chi connectivity index (χ0v) is 12.5. The molecule has 1 aliphatic heterocycles. The van der Waals surface area contributed by atoms with Crippen LogP contribution in [0.2, 0.25) is 0 Å². The van der Waals surface area contributed by atoms with Gasteiger partial charge in [-0.2, -0.15) is 0 Å². The Morgan fingerprint density at radius 1 is 1.21 bits per heavy atom. The van der Waals surface area contributed by atoms with Crippen LogP contribution in [0.15, 0.2) is 17.1 Å². The molecule has 0 saturated heterocycles. The van der Waals surface area contributed by atoms with Crippen LogP contribution in [0.4, 0.5) is 0 Å². The lowest BCUT2D eigenvalue weighted by atomic mass is 10.1. The maximum absolute atomic E-state index is 4.37. The average molecular weight is 302 g/mol. The van der Waals surface area contributed by atoms with Gasteiger partial charge in [0.15, 0.2) is 0 Å². The second-order valence-electron chi connectivity index (χ2n) is 4.43. The first kappa shape index (κ1) is 15.7. The van der Waals surface area contributed by atoms with Gasteiger partial charge in [-0.1, -0.05) is 5.21 Å². The molecular weight excluding hydrogens is 285 g/mol. The van der Waals surface area contributed by atoms with Gasteiger partial charge in [0.25, 0.3) is 0 Å². The fraction of sp³-hybridized carbons (Fsp3) is 0.417. The minimum Gasteiger partial charge on any atom is -0.370 e. The van der Waals surface area contributed by atoms with Crippen LogP contribution in [0.25, 0.3) is 11.0 Å². The molecule has 1 aliphatic rings. The fourth-order valence-corrected chi connectivity index (χ4v) is 2.03. The summed E-state index contributed by atoms with van der Waals surface area (Å²) in [6.45, 7) is 6.67. The largest absolute Gasteiger partial charge is 0.370 e. The number of halogens is 2. The predicted molar refractivity (Wildman–Crippen MR) is 81.8 cm³/mol. The van der Waals surface area contributed by atoms with E-state index in [0.717, 1.165) is 30.0 Å². The Morgan fingerprint density at radius 3 is 2.63 bits per heavy atom. The fourth-order valence-electron chi connectivity index (χ4n) is 2.03. The average Bonchev–Trinajstić information content (AvgIpc) is 2.92. The Kier molecular flexibility index (Phi) is 5.14. The number of fused-ring (bicyclic) bond motifs is 1. The minimum absolute atomic E-state index is 0. The van der Waals surface area contributed by atoms with E-state index in [4.69, 9.17) is 0 Å². The number of benzene rings is 1. The molecule has 5 nitrogen and oxygen atoms in total. The van der Waals surface area contributed by atoms with Crippen molar-refractivity contribution in [1.29, 1.82) is 0 Å². The SMILES string of the molecule is Cc1cc2nnn(CC3=NCCN3)c2cc1C.Cl.Cl. The summed E-state index contributed by atoms with van der Waals surface area (Å²) in [6, 6.07) is 4.22. The summed E-state index contributed by atoms with van der Waals surface area (Å²) in [4.78, 5) is 4.37. The highest BCUT2D eigenvalue weighted by atomic mass is 35.5. The number of amidine groups is 1. The van der Waals surface area contributed by atoms with E-state index in [0.29, 0.717) is 6.54 Å². The van der Waals surface area contributed by atoms with E-state index in [1.165, 1.54) is 11.1 Å². The molecule has 2 aromatic rings. The van der Waals surface area contributed by atoms with E-state index >= 15 is 0 Å². The summed E-state index contributed by atoms with van der Waals surface area (Å²) in [5, 5.41) is 11.6. The van der Waals surface area contributed by atoms with Gasteiger partial charge in [0.05, 0.1) is 12.1 Å². The van der Waals surface area contributed by atoms with E-state index in [9.17, 15) is 0 Å². The lowest BCUT2D eigenvalue weighted by Gasteiger charge is -2.04. The molecule has 7 heteroatoms. The quantitative estimate of drug-likeness (QED) is 0.922. The molecule has 0 radical (unpaired) electrons. The molecule has 3 rings (SSSR count). The third-order valence-electron chi connectivity index (χ3n) is 3.17. The van der Waals surface area contributed by atoms with Crippen molar-refractivity contribution in [3.8, 4) is 0 Å². The summed E-state index contributed by atoms with van der Waals surface area (Å²) >= 11 is 0. The third-order valence-corrected chi connectivity index (χ3v) is 3.17. The predicted octanol–water partition coefficient (Wildman–Crippen LogP) is 1.89. The van der Waals surface area contributed by atoms with Crippen LogP contribution in [0.5, 0.6) is 0 Å². The molecule has 0 amide bonds. The van der Waals surface area contributed by atoms with Crippen LogP contribution in [-0.4, -0.2) is 33.9 Å². The first-order valence-corrected chi connectivity index (χ1v) is 5.82. The van der Waals surface area contributed by atoms with Crippen molar-refractivity contribution in [2.75, 3.05) is 13.1 Å². The number of hydrogen-bond donors (Lipinski definition) is 1. The highest BCUT2D eigenvalue weighted by molar-refractivity contribution is 5.86. The summed E-state index contributed by atoms with van der Waals surface area (Å²) in [6.07, 6.45) is 0. The molecule has 0 fully saturated rings. The number of aliphatic imine (C=N–C) groups is 1. The molecule has 0 bridgehead atoms. The summed E-state index contributed by atoms with van der Waals surface area (Å²) in [7, 11) is 0. The monoisotopic (exact) mass is 301 g/mol. The van der Waals surface area contributed by atoms with Crippen LogP contribution in [0, 0.1) is 13.8 Å². The summed E-state index contributed by atoms with van der Waals surface area (Å²) in [5.74, 6) is 0.995. The Labute approximate surface area is 124 Å². The van der Waals surface area contributed by atoms with E-state index in [1.807, 2.05) is 4.68 Å². The van der Waals surface area contributed by atoms with E-state index in [2.05, 4.69) is 46.6 Å². The molecule has 0 saturated carbocycles. The lowest BCUT2D eigenvalue weighted by Crippen LogP contribution is -2.24. The number of hydrogen-bond acceptors (Lipinski definition) is 4. The van der Waals surface area contributed by atoms with Crippen molar-refractivity contribution in [2.24, 2.45) is 4.99 Å². The second kappa shape index (κ2) is 6.21. The topological polar surface area (TPSA) is 55.1 Å². The van der Waals surface area contributed by atoms with E-state index in [1.54, 1.807) is 0 Å². The van der Waals surface area contributed by atoms with Crippen molar-refractivity contribution < 1.29 is 0 Å². The maximum Gasteiger partial charge on any atom is 0.118 e. The van der Waals surface area contributed by atoms with Crippen molar-refractivity contribution >= 4 is 41.7 Å². The van der Waals surface area contributed by atoms with Crippen LogP contribution in [0.1, 0.15) is 11.1 Å². The zero-order valence-electron chi connectivity index (χ0n) is 10.9. The van der Waals surface area contributed by atoms with Crippen molar-refractivity contribution in [3.63, 3.8) is 0 Å². The van der Waals surface area contributed by atoms with Gasteiger partial charge in [-0.25, -0.2) is 4.68 Å². The highest BCUT2D eigenvalue weighted by Crippen LogP contribution is 2.17. The Hall–Kier alpha value is -1.33. The third kappa shape index (κ3) is 2.98. The first-order valence-electron chi connectivity index (χ1n) is 5.82. The Morgan fingerprint density at radius 2 is 1.95 bits per heavy atom. The first-order chi connectivity index (χ1) is 8.24. The van der Waals surface area contributed by atoms with Crippen LogP contribution < -0.4 is 5.32 Å². The minimum atomic E-state index is 0. The second-order valence-corrected chi connectivity index (χ2v) is 4.43. The Balaban J connectivity index is 0.000000902. The number of rotatable bonds is 2. The normalized spacial score (nSPS) is 13.5. The molecule has 1 aromatic carbocycles. The molecule has 1 N–H and O–H groups in total. The van der Waals surface area contributed by atoms with Crippen LogP contribution >= 0.6 is 24.8 Å². The summed E-state index contributed by atoms with van der Waals surface area (Å²) in [5.41, 5.74) is 4.54.